The van der Waals surface area contributed by atoms with Gasteiger partial charge in [-0.15, -0.1) is 0 Å². The minimum atomic E-state index is -0.249. The largest absolute Gasteiger partial charge is 0.355 e. The molecule has 2 saturated heterocycles. The Morgan fingerprint density at radius 3 is 2.37 bits per heavy atom. The molecule has 43 heavy (non-hydrogen) atoms. The van der Waals surface area contributed by atoms with Gasteiger partial charge in [-0.3, -0.25) is 24.0 Å². The van der Waals surface area contributed by atoms with Crippen molar-refractivity contribution in [1.82, 2.24) is 14.4 Å². The first-order chi connectivity index (χ1) is 20.8. The molecule has 2 aromatic rings. The monoisotopic (exact) mass is 619 g/mol. The fraction of sp³-hybridized carbons (Fsp3) is 0.529. The molecule has 1 atom stereocenters. The third-order valence-corrected chi connectivity index (χ3v) is 10.0. The standard InChI is InChI=1S/C34H45N5O2S2/c1-5-8-13-26(7-3)24-39-33(41)30(43-34(39)42)21-28-25(4)29(22-35)32(40)38(16-9-6-2)31(28)37-19-17-36(18-20-37)23-27-14-11-10-12-15-27/h10-12,14-15,21,26H,5-9,13,16-20,23-24H2,1-4H3/b30-21-. The molecule has 230 valence electrons. The molecule has 7 nitrogen and oxygen atoms in total. The molecule has 0 spiro atoms. The second kappa shape index (κ2) is 15.7. The number of thioether (sulfide) groups is 1. The summed E-state index contributed by atoms with van der Waals surface area (Å²) in [5, 5.41) is 10.0. The van der Waals surface area contributed by atoms with Crippen molar-refractivity contribution < 1.29 is 4.79 Å². The summed E-state index contributed by atoms with van der Waals surface area (Å²) in [6.07, 6.45) is 8.01. The third kappa shape index (κ3) is 7.78. The van der Waals surface area contributed by atoms with Gasteiger partial charge in [0.2, 0.25) is 0 Å². The van der Waals surface area contributed by atoms with E-state index in [0.29, 0.717) is 33.8 Å². The van der Waals surface area contributed by atoms with Gasteiger partial charge in [-0.05, 0) is 42.9 Å². The summed E-state index contributed by atoms with van der Waals surface area (Å²) in [4.78, 5) is 34.4. The molecule has 2 aliphatic rings. The Hall–Kier alpha value is -2.93. The number of hydrogen-bond donors (Lipinski definition) is 0. The molecule has 2 aliphatic heterocycles. The van der Waals surface area contributed by atoms with Crippen LogP contribution in [0.3, 0.4) is 0 Å². The van der Waals surface area contributed by atoms with E-state index >= 15 is 0 Å². The van der Waals surface area contributed by atoms with Crippen LogP contribution in [0.15, 0.2) is 40.0 Å². The molecule has 3 heterocycles. The molecule has 0 radical (unpaired) electrons. The zero-order valence-corrected chi connectivity index (χ0v) is 27.7. The minimum Gasteiger partial charge on any atom is -0.355 e. The lowest BCUT2D eigenvalue weighted by molar-refractivity contribution is -0.122. The number of aromatic nitrogens is 1. The highest BCUT2D eigenvalue weighted by molar-refractivity contribution is 8.26. The zero-order valence-electron chi connectivity index (χ0n) is 26.1. The number of benzene rings is 1. The van der Waals surface area contributed by atoms with Gasteiger partial charge in [-0.2, -0.15) is 5.26 Å². The van der Waals surface area contributed by atoms with E-state index < -0.39 is 0 Å². The van der Waals surface area contributed by atoms with Crippen molar-refractivity contribution in [2.75, 3.05) is 37.6 Å². The normalized spacial score (nSPS) is 17.6. The van der Waals surface area contributed by atoms with E-state index in [2.05, 4.69) is 60.9 Å². The molecule has 1 aromatic carbocycles. The number of pyridine rings is 1. The summed E-state index contributed by atoms with van der Waals surface area (Å²) in [6.45, 7) is 13.6. The van der Waals surface area contributed by atoms with Gasteiger partial charge in [0.15, 0.2) is 0 Å². The number of nitrogens with zero attached hydrogens (tertiary/aromatic N) is 5. The molecule has 0 saturated carbocycles. The van der Waals surface area contributed by atoms with Crippen molar-refractivity contribution in [3.8, 4) is 6.07 Å². The van der Waals surface area contributed by atoms with Crippen LogP contribution in [0.25, 0.3) is 6.08 Å². The van der Waals surface area contributed by atoms with Crippen LogP contribution >= 0.6 is 24.0 Å². The molecule has 4 rings (SSSR count). The highest BCUT2D eigenvalue weighted by atomic mass is 32.2. The first kappa shape index (κ1) is 33.0. The number of carbonyl (C=O) groups excluding carboxylic acids is 1. The van der Waals surface area contributed by atoms with E-state index in [4.69, 9.17) is 12.2 Å². The van der Waals surface area contributed by atoms with Gasteiger partial charge in [-0.25, -0.2) is 0 Å². The van der Waals surface area contributed by atoms with Crippen LogP contribution in [-0.4, -0.2) is 57.3 Å². The van der Waals surface area contributed by atoms with Crippen molar-refractivity contribution in [3.63, 3.8) is 0 Å². The summed E-state index contributed by atoms with van der Waals surface area (Å²) in [5.74, 6) is 1.15. The van der Waals surface area contributed by atoms with Gasteiger partial charge >= 0.3 is 0 Å². The predicted molar refractivity (Wildman–Crippen MR) is 182 cm³/mol. The van der Waals surface area contributed by atoms with E-state index in [-0.39, 0.29) is 17.0 Å². The van der Waals surface area contributed by atoms with Crippen LogP contribution in [-0.2, 0) is 17.9 Å². The average Bonchev–Trinajstić information content (AvgIpc) is 3.28. The smallest absolute Gasteiger partial charge is 0.270 e. The number of hydrogen-bond acceptors (Lipinski definition) is 7. The first-order valence-electron chi connectivity index (χ1n) is 15.8. The zero-order chi connectivity index (χ0) is 30.9. The summed E-state index contributed by atoms with van der Waals surface area (Å²) >= 11 is 7.04. The number of amides is 1. The fourth-order valence-corrected chi connectivity index (χ4v) is 7.19. The summed E-state index contributed by atoms with van der Waals surface area (Å²) in [5.41, 5.74) is 2.59. The van der Waals surface area contributed by atoms with Gasteiger partial charge in [0.05, 0.1) is 4.91 Å². The van der Waals surface area contributed by atoms with Crippen molar-refractivity contribution in [2.24, 2.45) is 5.92 Å². The maximum absolute atomic E-state index is 13.7. The van der Waals surface area contributed by atoms with Crippen molar-refractivity contribution in [2.45, 2.75) is 79.3 Å². The second-order valence-electron chi connectivity index (χ2n) is 11.6. The van der Waals surface area contributed by atoms with Gasteiger partial charge in [-0.1, -0.05) is 101 Å². The molecule has 0 bridgehead atoms. The molecule has 0 N–H and O–H groups in total. The topological polar surface area (TPSA) is 72.6 Å². The van der Waals surface area contributed by atoms with Crippen LogP contribution in [0.2, 0.25) is 0 Å². The van der Waals surface area contributed by atoms with Gasteiger partial charge in [0.25, 0.3) is 11.5 Å². The Kier molecular flexibility index (Phi) is 12.0. The maximum atomic E-state index is 13.7. The molecular formula is C34H45N5O2S2. The molecule has 0 aliphatic carbocycles. The number of anilines is 1. The Morgan fingerprint density at radius 1 is 1.05 bits per heavy atom. The van der Waals surface area contributed by atoms with Crippen molar-refractivity contribution in [1.29, 1.82) is 5.26 Å². The fourth-order valence-electron chi connectivity index (χ4n) is 5.93. The van der Waals surface area contributed by atoms with Gasteiger partial charge < -0.3 is 4.90 Å². The lowest BCUT2D eigenvalue weighted by atomic mass is 9.99. The minimum absolute atomic E-state index is 0.0761. The Balaban J connectivity index is 1.70. The molecule has 1 unspecified atom stereocenters. The number of nitriles is 1. The highest BCUT2D eigenvalue weighted by Gasteiger charge is 2.34. The van der Waals surface area contributed by atoms with E-state index in [1.807, 2.05) is 19.1 Å². The quantitative estimate of drug-likeness (QED) is 0.186. The Morgan fingerprint density at radius 2 is 1.74 bits per heavy atom. The number of piperazine rings is 1. The Bertz CT molecular complexity index is 1420. The van der Waals surface area contributed by atoms with Gasteiger partial charge in [0, 0.05) is 51.4 Å². The maximum Gasteiger partial charge on any atom is 0.270 e. The number of unbranched alkanes of at least 4 members (excludes halogenated alkanes) is 2. The molecule has 1 amide bonds. The summed E-state index contributed by atoms with van der Waals surface area (Å²) in [7, 11) is 0. The lowest BCUT2D eigenvalue weighted by Gasteiger charge is -2.38. The first-order valence-corrected chi connectivity index (χ1v) is 17.0. The molecular weight excluding hydrogens is 575 g/mol. The third-order valence-electron chi connectivity index (χ3n) is 8.64. The summed E-state index contributed by atoms with van der Waals surface area (Å²) in [6, 6.07) is 12.7. The molecule has 1 aromatic heterocycles. The Labute approximate surface area is 266 Å². The van der Waals surface area contributed by atoms with Gasteiger partial charge in [0.1, 0.15) is 21.8 Å². The van der Waals surface area contributed by atoms with Crippen LogP contribution < -0.4 is 10.5 Å². The lowest BCUT2D eigenvalue weighted by Crippen LogP contribution is -2.48. The van der Waals surface area contributed by atoms with E-state index in [9.17, 15) is 14.9 Å². The van der Waals surface area contributed by atoms with E-state index in [1.54, 1.807) is 9.47 Å². The number of carbonyl (C=O) groups is 1. The van der Waals surface area contributed by atoms with Crippen molar-refractivity contribution in [3.05, 3.63) is 67.8 Å². The predicted octanol–water partition coefficient (Wildman–Crippen LogP) is 6.57. The second-order valence-corrected chi connectivity index (χ2v) is 13.3. The SMILES string of the molecule is CCCCC(CC)CN1C(=O)/C(=C/c2c(C)c(C#N)c(=O)n(CCCC)c2N2CCN(Cc3ccccc3)CC2)SC1=S. The average molecular weight is 620 g/mol. The van der Waals surface area contributed by atoms with Crippen LogP contribution in [0.4, 0.5) is 5.82 Å². The van der Waals surface area contributed by atoms with Crippen LogP contribution in [0.5, 0.6) is 0 Å². The van der Waals surface area contributed by atoms with E-state index in [1.165, 1.54) is 17.3 Å². The molecule has 9 heteroatoms. The van der Waals surface area contributed by atoms with Crippen molar-refractivity contribution >= 4 is 46.1 Å². The van der Waals surface area contributed by atoms with Crippen LogP contribution in [0, 0.1) is 24.2 Å². The summed E-state index contributed by atoms with van der Waals surface area (Å²) < 4.78 is 2.37. The molecule has 2 fully saturated rings. The number of rotatable bonds is 13. The highest BCUT2D eigenvalue weighted by Crippen LogP contribution is 2.37. The number of thiocarbonyl (C=S) groups is 1. The van der Waals surface area contributed by atoms with Crippen LogP contribution in [0.1, 0.15) is 81.5 Å². The van der Waals surface area contributed by atoms with E-state index in [0.717, 1.165) is 82.6 Å².